The van der Waals surface area contributed by atoms with Crippen LogP contribution < -0.4 is 4.31 Å². The molecule has 0 amide bonds. The lowest BCUT2D eigenvalue weighted by molar-refractivity contribution is -0.137. The lowest BCUT2D eigenvalue weighted by Gasteiger charge is -2.24. The Kier molecular flexibility index (Phi) is 6.62. The van der Waals surface area contributed by atoms with E-state index >= 15 is 0 Å². The summed E-state index contributed by atoms with van der Waals surface area (Å²) in [4.78, 5) is 15.9. The minimum absolute atomic E-state index is 0.0654. The Morgan fingerprint density at radius 2 is 1.89 bits per heavy atom. The molecular formula is C24H25FN4O5S. The number of hydrogen-bond donors (Lipinski definition) is 1. The zero-order valence-electron chi connectivity index (χ0n) is 19.5. The van der Waals surface area contributed by atoms with Crippen LogP contribution in [0.15, 0.2) is 51.9 Å². The monoisotopic (exact) mass is 500 g/mol. The summed E-state index contributed by atoms with van der Waals surface area (Å²) in [5.41, 5.74) is 2.56. The number of aromatic nitrogens is 3. The number of halogens is 1. The summed E-state index contributed by atoms with van der Waals surface area (Å²) in [6.07, 6.45) is 1.35. The average Bonchev–Trinajstić information content (AvgIpc) is 3.30. The van der Waals surface area contributed by atoms with Gasteiger partial charge in [0.1, 0.15) is 23.9 Å². The molecule has 4 aromatic rings. The fourth-order valence-electron chi connectivity index (χ4n) is 3.97. The molecule has 2 aromatic heterocycles. The summed E-state index contributed by atoms with van der Waals surface area (Å²) in [6, 6.07) is 9.50. The van der Waals surface area contributed by atoms with E-state index in [1.165, 1.54) is 16.4 Å². The summed E-state index contributed by atoms with van der Waals surface area (Å²) >= 11 is 0. The predicted octanol–water partition coefficient (Wildman–Crippen LogP) is 4.21. The maximum absolute atomic E-state index is 13.7. The highest BCUT2D eigenvalue weighted by Gasteiger charge is 2.28. The van der Waals surface area contributed by atoms with E-state index in [2.05, 4.69) is 10.1 Å². The van der Waals surface area contributed by atoms with Crippen LogP contribution in [-0.4, -0.2) is 34.2 Å². The van der Waals surface area contributed by atoms with Gasteiger partial charge in [0.2, 0.25) is 0 Å². The second-order valence-corrected chi connectivity index (χ2v) is 10.1. The van der Waals surface area contributed by atoms with Gasteiger partial charge in [-0.15, -0.1) is 0 Å². The molecule has 35 heavy (non-hydrogen) atoms. The smallest absolute Gasteiger partial charge is 0.323 e. The summed E-state index contributed by atoms with van der Waals surface area (Å²) in [5.74, 6) is -0.445. The molecule has 0 unspecified atom stereocenters. The minimum Gasteiger partial charge on any atom is -0.480 e. The maximum atomic E-state index is 13.7. The highest BCUT2D eigenvalue weighted by atomic mass is 32.2. The Hall–Kier alpha value is -3.73. The SMILES string of the molecule is CCCc1nc2cc(N(Cc3c(C)noc3C)S(=O)(=O)c3ccc(F)cc3)ccc2n1CC(=O)O. The van der Waals surface area contributed by atoms with Crippen LogP contribution in [0.5, 0.6) is 0 Å². The molecule has 2 aromatic carbocycles. The molecule has 0 spiro atoms. The fraction of sp³-hybridized carbons (Fsp3) is 0.292. The van der Waals surface area contributed by atoms with Gasteiger partial charge < -0.3 is 14.2 Å². The molecule has 11 heteroatoms. The van der Waals surface area contributed by atoms with Crippen LogP contribution in [0.4, 0.5) is 10.1 Å². The zero-order chi connectivity index (χ0) is 25.3. The number of carboxylic acids is 1. The van der Waals surface area contributed by atoms with Crippen LogP contribution in [0.25, 0.3) is 11.0 Å². The largest absolute Gasteiger partial charge is 0.480 e. The van der Waals surface area contributed by atoms with Gasteiger partial charge in [-0.3, -0.25) is 9.10 Å². The van der Waals surface area contributed by atoms with E-state index in [4.69, 9.17) is 4.52 Å². The van der Waals surface area contributed by atoms with Gasteiger partial charge in [-0.25, -0.2) is 17.8 Å². The lowest BCUT2D eigenvalue weighted by atomic mass is 10.2. The molecule has 0 aliphatic carbocycles. The van der Waals surface area contributed by atoms with E-state index in [9.17, 15) is 22.7 Å². The van der Waals surface area contributed by atoms with Crippen molar-refractivity contribution in [2.24, 2.45) is 0 Å². The normalized spacial score (nSPS) is 11.8. The summed E-state index contributed by atoms with van der Waals surface area (Å²) in [7, 11) is -4.11. The van der Waals surface area contributed by atoms with Crippen LogP contribution in [0.1, 0.15) is 36.2 Å². The van der Waals surface area contributed by atoms with Gasteiger partial charge in [-0.2, -0.15) is 0 Å². The van der Waals surface area contributed by atoms with Gasteiger partial charge >= 0.3 is 5.97 Å². The van der Waals surface area contributed by atoms with E-state index in [0.29, 0.717) is 46.0 Å². The van der Waals surface area contributed by atoms with Crippen LogP contribution >= 0.6 is 0 Å². The number of sulfonamides is 1. The van der Waals surface area contributed by atoms with Crippen molar-refractivity contribution in [2.75, 3.05) is 4.31 Å². The highest BCUT2D eigenvalue weighted by Crippen LogP contribution is 2.31. The molecule has 1 N–H and O–H groups in total. The number of anilines is 1. The number of carboxylic acid groups (broad SMARTS) is 1. The summed E-state index contributed by atoms with van der Waals surface area (Å²) in [6.45, 7) is 5.08. The molecule has 0 fully saturated rings. The topological polar surface area (TPSA) is 119 Å². The van der Waals surface area contributed by atoms with Gasteiger partial charge in [-0.05, 0) is 62.7 Å². The standard InChI is InChI=1S/C24H25FN4O5S/c1-4-5-23-26-21-12-18(8-11-22(21)28(23)14-24(30)31)29(13-20-15(2)27-34-16(20)3)35(32,33)19-9-6-17(25)7-10-19/h6-12H,4-5,13-14H2,1-3H3,(H,30,31). The predicted molar refractivity (Wildman–Crippen MR) is 127 cm³/mol. The van der Waals surface area contributed by atoms with Crippen LogP contribution in [-0.2, 0) is 34.3 Å². The van der Waals surface area contributed by atoms with E-state index in [0.717, 1.165) is 18.6 Å². The number of aryl methyl sites for hydroxylation is 3. The molecule has 0 aliphatic heterocycles. The van der Waals surface area contributed by atoms with Gasteiger partial charge in [-0.1, -0.05) is 12.1 Å². The van der Waals surface area contributed by atoms with Crippen molar-refractivity contribution >= 4 is 32.7 Å². The third kappa shape index (κ3) is 4.76. The Labute approximate surface area is 201 Å². The Morgan fingerprint density at radius 3 is 2.49 bits per heavy atom. The second-order valence-electron chi connectivity index (χ2n) is 8.20. The number of benzene rings is 2. The fourth-order valence-corrected chi connectivity index (χ4v) is 5.39. The van der Waals surface area contributed by atoms with Crippen molar-refractivity contribution < 1.29 is 27.2 Å². The number of hydrogen-bond acceptors (Lipinski definition) is 6. The molecular weight excluding hydrogens is 475 g/mol. The Balaban J connectivity index is 1.87. The summed E-state index contributed by atoms with van der Waals surface area (Å²) in [5, 5.41) is 13.3. The van der Waals surface area contributed by atoms with E-state index in [-0.39, 0.29) is 18.0 Å². The van der Waals surface area contributed by atoms with E-state index < -0.39 is 21.8 Å². The van der Waals surface area contributed by atoms with Crippen molar-refractivity contribution in [2.45, 2.75) is 51.6 Å². The number of imidazole rings is 1. The van der Waals surface area contributed by atoms with Crippen molar-refractivity contribution in [3.05, 3.63) is 71.1 Å². The average molecular weight is 501 g/mol. The molecule has 0 saturated heterocycles. The molecule has 0 saturated carbocycles. The number of aliphatic carboxylic acids is 1. The van der Waals surface area contributed by atoms with E-state index in [1.54, 1.807) is 36.6 Å². The molecule has 0 aliphatic rings. The van der Waals surface area contributed by atoms with Gasteiger partial charge in [0.05, 0.1) is 33.9 Å². The number of fused-ring (bicyclic) bond motifs is 1. The summed E-state index contributed by atoms with van der Waals surface area (Å²) < 4.78 is 48.9. The molecule has 9 nitrogen and oxygen atoms in total. The lowest BCUT2D eigenvalue weighted by Crippen LogP contribution is -2.31. The Bertz CT molecular complexity index is 1470. The van der Waals surface area contributed by atoms with Crippen molar-refractivity contribution in [1.82, 2.24) is 14.7 Å². The number of carbonyl (C=O) groups is 1. The molecule has 2 heterocycles. The van der Waals surface area contributed by atoms with Crippen LogP contribution in [0.2, 0.25) is 0 Å². The first kappa shape index (κ1) is 24.4. The first-order valence-electron chi connectivity index (χ1n) is 11.0. The van der Waals surface area contributed by atoms with Crippen LogP contribution in [0, 0.1) is 19.7 Å². The first-order valence-corrected chi connectivity index (χ1v) is 12.5. The maximum Gasteiger partial charge on any atom is 0.323 e. The van der Waals surface area contributed by atoms with Gasteiger partial charge in [0.25, 0.3) is 10.0 Å². The highest BCUT2D eigenvalue weighted by molar-refractivity contribution is 7.92. The molecule has 184 valence electrons. The van der Waals surface area contributed by atoms with Gasteiger partial charge in [0, 0.05) is 12.0 Å². The molecule has 0 atom stereocenters. The zero-order valence-corrected chi connectivity index (χ0v) is 20.3. The second kappa shape index (κ2) is 9.49. The van der Waals surface area contributed by atoms with Gasteiger partial charge in [0.15, 0.2) is 0 Å². The van der Waals surface area contributed by atoms with E-state index in [1.807, 2.05) is 6.92 Å². The van der Waals surface area contributed by atoms with Crippen molar-refractivity contribution in [3.63, 3.8) is 0 Å². The Morgan fingerprint density at radius 1 is 1.17 bits per heavy atom. The molecule has 4 rings (SSSR count). The number of rotatable bonds is 9. The molecule has 0 radical (unpaired) electrons. The quantitative estimate of drug-likeness (QED) is 0.366. The first-order chi connectivity index (χ1) is 16.6. The third-order valence-electron chi connectivity index (χ3n) is 5.75. The van der Waals surface area contributed by atoms with Crippen LogP contribution in [0.3, 0.4) is 0 Å². The minimum atomic E-state index is -4.11. The third-order valence-corrected chi connectivity index (χ3v) is 7.54. The van der Waals surface area contributed by atoms with Crippen molar-refractivity contribution in [3.8, 4) is 0 Å². The molecule has 0 bridgehead atoms. The van der Waals surface area contributed by atoms with Crippen molar-refractivity contribution in [1.29, 1.82) is 0 Å². The number of nitrogens with zero attached hydrogens (tertiary/aromatic N) is 4.